The van der Waals surface area contributed by atoms with Gasteiger partial charge in [-0.15, -0.1) is 0 Å². The third-order valence-corrected chi connectivity index (χ3v) is 22.9. The first-order valence-electron chi connectivity index (χ1n) is 48.0. The van der Waals surface area contributed by atoms with Crippen molar-refractivity contribution in [3.63, 3.8) is 0 Å². The minimum atomic E-state index is -0.534. The number of esters is 4. The van der Waals surface area contributed by atoms with Gasteiger partial charge in [0.05, 0.1) is 18.6 Å². The summed E-state index contributed by atoms with van der Waals surface area (Å²) in [5.41, 5.74) is -0.534. The van der Waals surface area contributed by atoms with Gasteiger partial charge in [0, 0.05) is 56.6 Å². The van der Waals surface area contributed by atoms with Crippen LogP contribution in [-0.2, 0) is 47.7 Å². The lowest BCUT2D eigenvalue weighted by atomic mass is 9.86. The molecule has 2 atom stereocenters. The highest BCUT2D eigenvalue weighted by atomic mass is 16.6. The molecule has 14 heteroatoms. The van der Waals surface area contributed by atoms with Gasteiger partial charge in [-0.1, -0.05) is 324 Å². The van der Waals surface area contributed by atoms with E-state index in [9.17, 15) is 28.8 Å². The van der Waals surface area contributed by atoms with Crippen LogP contribution in [0.5, 0.6) is 0 Å². The normalized spacial score (nSPS) is 12.5. The first-order chi connectivity index (χ1) is 53.6. The number of unbranched alkanes of at least 4 members (excludes halogenated alkanes) is 47. The molecule has 648 valence electrons. The summed E-state index contributed by atoms with van der Waals surface area (Å²) in [5, 5.41) is 6.18. The van der Waals surface area contributed by atoms with Gasteiger partial charge in [-0.25, -0.2) is 0 Å². The van der Waals surface area contributed by atoms with Crippen LogP contribution in [0.1, 0.15) is 487 Å². The van der Waals surface area contributed by atoms with Gasteiger partial charge in [-0.2, -0.15) is 0 Å². The topological polar surface area (TPSA) is 170 Å². The quantitative estimate of drug-likeness (QED) is 0.0256. The Labute approximate surface area is 681 Å². The second-order valence-electron chi connectivity index (χ2n) is 34.2. The third-order valence-electron chi connectivity index (χ3n) is 22.9. The average molecular weight is 1550 g/mol. The van der Waals surface area contributed by atoms with Gasteiger partial charge in [0.15, 0.2) is 0 Å². The zero-order valence-corrected chi connectivity index (χ0v) is 74.6. The van der Waals surface area contributed by atoms with Gasteiger partial charge in [0.2, 0.25) is 11.8 Å². The van der Waals surface area contributed by atoms with Crippen molar-refractivity contribution in [2.24, 2.45) is 5.41 Å². The summed E-state index contributed by atoms with van der Waals surface area (Å²) in [4.78, 5) is 84.0. The Kier molecular flexibility index (Phi) is 78.1. The molecule has 14 nitrogen and oxygen atoms in total. The van der Waals surface area contributed by atoms with Crippen LogP contribution in [0.25, 0.3) is 0 Å². The van der Waals surface area contributed by atoms with Crippen molar-refractivity contribution in [1.29, 1.82) is 0 Å². The van der Waals surface area contributed by atoms with Crippen LogP contribution < -0.4 is 10.6 Å². The minimum Gasteiger partial charge on any atom is -0.466 e. The monoisotopic (exact) mass is 1550 g/mol. The maximum atomic E-state index is 13.8. The Morgan fingerprint density at radius 1 is 0.300 bits per heavy atom. The Morgan fingerprint density at radius 3 is 0.864 bits per heavy atom. The first-order valence-corrected chi connectivity index (χ1v) is 48.0. The molecule has 0 spiro atoms. The molecule has 2 N–H and O–H groups in total. The van der Waals surface area contributed by atoms with Crippen LogP contribution in [0.2, 0.25) is 0 Å². The number of carbonyl (C=O) groups excluding carboxylic acids is 6. The van der Waals surface area contributed by atoms with E-state index in [-0.39, 0.29) is 60.0 Å². The van der Waals surface area contributed by atoms with Crippen molar-refractivity contribution < 1.29 is 47.7 Å². The molecule has 0 aromatic rings. The summed E-state index contributed by atoms with van der Waals surface area (Å²) in [6.45, 7) is 27.3. The van der Waals surface area contributed by atoms with Gasteiger partial charge < -0.3 is 29.6 Å². The molecule has 0 bridgehead atoms. The van der Waals surface area contributed by atoms with E-state index in [1.165, 1.54) is 230 Å². The van der Waals surface area contributed by atoms with Crippen LogP contribution in [0, 0.1) is 5.41 Å². The smallest absolute Gasteiger partial charge is 0.311 e. The predicted molar refractivity (Wildman–Crippen MR) is 467 cm³/mol. The number of rotatable bonds is 86. The van der Waals surface area contributed by atoms with Crippen molar-refractivity contribution >= 4 is 35.7 Å². The number of carbonyl (C=O) groups is 6. The van der Waals surface area contributed by atoms with E-state index in [0.29, 0.717) is 45.6 Å². The number of nitrogens with one attached hydrogen (secondary N) is 2. The minimum absolute atomic E-state index is 0.0115. The standard InChI is InChI=1S/C96H184N4O10/c1-11-17-23-29-35-37-39-50-66-82-107-92(103)72-59-52-64-80-99(78-62-48-41-46-58-74-94(105)109-88(68-54-42-31-25-19-13-3)69-55-43-32-26-20-14-4)86(7)84-97-90(101)75-76-91(102)98-85-87(8)100(81-65-53-60-73-93(104)108-83-67-51-40-38-36-30-24-18-12-2)79-63-49-47-61-77-96(9,10)95(106)110-89(70-56-44-33-27-21-15-5)71-57-45-34-28-22-16-6/h75-76,86-89H,11-74,77-85H2,1-10H3,(H,97,101)(H,98,102)/b76-75+. The first kappa shape index (κ1) is 106. The number of hydrogen-bond donors (Lipinski definition) is 2. The molecule has 0 aliphatic rings. The summed E-state index contributed by atoms with van der Waals surface area (Å²) < 4.78 is 23.8. The van der Waals surface area contributed by atoms with Crippen LogP contribution in [0.4, 0.5) is 0 Å². The molecule has 2 amide bonds. The van der Waals surface area contributed by atoms with Crippen molar-refractivity contribution in [3.05, 3.63) is 12.2 Å². The van der Waals surface area contributed by atoms with Gasteiger partial charge in [-0.3, -0.25) is 38.6 Å². The number of ether oxygens (including phenoxy) is 4. The summed E-state index contributed by atoms with van der Waals surface area (Å²) in [6.07, 6.45) is 75.1. The second kappa shape index (κ2) is 80.7. The third kappa shape index (κ3) is 71.1. The fourth-order valence-corrected chi connectivity index (χ4v) is 15.1. The van der Waals surface area contributed by atoms with Gasteiger partial charge >= 0.3 is 23.9 Å². The summed E-state index contributed by atoms with van der Waals surface area (Å²) in [7, 11) is 0. The van der Waals surface area contributed by atoms with E-state index in [1.54, 1.807) is 0 Å². The zero-order chi connectivity index (χ0) is 80.7. The molecule has 0 fully saturated rings. The molecule has 0 saturated heterocycles. The Morgan fingerprint density at radius 2 is 0.545 bits per heavy atom. The SMILES string of the molecule is CCCCCCCCCCCOC(=O)CCCCCN(CCCCCCCC(=O)OC(CCCCCCCC)CCCCCCCC)C(C)CNC(=O)/C=C/C(=O)NCC(C)N(CCCCCCC(C)(C)C(=O)OC(CCCCCCCC)CCCCCCCC)CCCCCC(=O)OCCCCCCCCCCC. The van der Waals surface area contributed by atoms with Crippen molar-refractivity contribution in [2.45, 2.75) is 511 Å². The molecule has 0 rings (SSSR count). The average Bonchev–Trinajstić information content (AvgIpc) is 0.873. The highest BCUT2D eigenvalue weighted by Crippen LogP contribution is 2.29. The second-order valence-corrected chi connectivity index (χ2v) is 34.2. The van der Waals surface area contributed by atoms with Crippen molar-refractivity contribution in [2.75, 3.05) is 52.5 Å². The van der Waals surface area contributed by atoms with Gasteiger partial charge in [-0.05, 0) is 169 Å². The van der Waals surface area contributed by atoms with Crippen LogP contribution in [-0.4, -0.2) is 122 Å². The Balaban J connectivity index is 5.74. The summed E-state index contributed by atoms with van der Waals surface area (Å²) >= 11 is 0. The maximum Gasteiger partial charge on any atom is 0.311 e. The number of nitrogens with zero attached hydrogens (tertiary/aromatic N) is 2. The van der Waals surface area contributed by atoms with Crippen LogP contribution in [0.15, 0.2) is 12.2 Å². The fourth-order valence-electron chi connectivity index (χ4n) is 15.1. The lowest BCUT2D eigenvalue weighted by Gasteiger charge is -2.29. The molecule has 0 aliphatic heterocycles. The lowest BCUT2D eigenvalue weighted by molar-refractivity contribution is -0.161. The molecular formula is C96H184N4O10. The number of amides is 2. The molecule has 0 aromatic heterocycles. The van der Waals surface area contributed by atoms with Crippen molar-refractivity contribution in [1.82, 2.24) is 20.4 Å². The Bertz CT molecular complexity index is 2070. The zero-order valence-electron chi connectivity index (χ0n) is 74.6. The van der Waals surface area contributed by atoms with E-state index in [1.807, 2.05) is 0 Å². The van der Waals surface area contributed by atoms with Crippen molar-refractivity contribution in [3.8, 4) is 0 Å². The Hall–Kier alpha value is -3.52. The van der Waals surface area contributed by atoms with E-state index < -0.39 is 5.41 Å². The molecule has 0 aliphatic carbocycles. The molecule has 0 radical (unpaired) electrons. The molecule has 0 heterocycles. The molecule has 110 heavy (non-hydrogen) atoms. The fraction of sp³-hybridized carbons (Fsp3) is 0.917. The maximum absolute atomic E-state index is 13.8. The van der Waals surface area contributed by atoms with Crippen LogP contribution >= 0.6 is 0 Å². The van der Waals surface area contributed by atoms with E-state index in [0.717, 1.165) is 206 Å². The van der Waals surface area contributed by atoms with Gasteiger partial charge in [0.1, 0.15) is 12.2 Å². The summed E-state index contributed by atoms with van der Waals surface area (Å²) in [6, 6.07) is 0.105. The molecule has 2 unspecified atom stereocenters. The summed E-state index contributed by atoms with van der Waals surface area (Å²) in [5.74, 6) is -0.886. The molecule has 0 aromatic carbocycles. The highest BCUT2D eigenvalue weighted by Gasteiger charge is 2.31. The van der Waals surface area contributed by atoms with Crippen LogP contribution in [0.3, 0.4) is 0 Å². The number of hydrogen-bond acceptors (Lipinski definition) is 12. The predicted octanol–water partition coefficient (Wildman–Crippen LogP) is 26.6. The highest BCUT2D eigenvalue weighted by molar-refractivity contribution is 5.96. The van der Waals surface area contributed by atoms with E-state index in [4.69, 9.17) is 18.9 Å². The molecule has 0 saturated carbocycles. The molecular weight excluding hydrogens is 1370 g/mol. The van der Waals surface area contributed by atoms with E-state index >= 15 is 0 Å². The van der Waals surface area contributed by atoms with Gasteiger partial charge in [0.25, 0.3) is 0 Å². The largest absolute Gasteiger partial charge is 0.466 e. The lowest BCUT2D eigenvalue weighted by Crippen LogP contribution is -2.43. The van der Waals surface area contributed by atoms with E-state index in [2.05, 4.69) is 89.7 Å².